The molecule has 1 rings (SSSR count). The highest BCUT2D eigenvalue weighted by Crippen LogP contribution is 2.44. The molecule has 0 aliphatic carbocycles. The lowest BCUT2D eigenvalue weighted by Gasteiger charge is -2.42. The van der Waals surface area contributed by atoms with Crippen molar-refractivity contribution in [3.05, 3.63) is 23.0 Å². The fourth-order valence-electron chi connectivity index (χ4n) is 3.35. The van der Waals surface area contributed by atoms with Crippen molar-refractivity contribution in [2.45, 2.75) is 122 Å². The Morgan fingerprint density at radius 1 is 1.00 bits per heavy atom. The maximum Gasteiger partial charge on any atom is 0.193 e. The number of nitrogens with two attached hydrogens (primary N) is 1. The predicted molar refractivity (Wildman–Crippen MR) is 146 cm³/mol. The Hall–Kier alpha value is -0.406. The Bertz CT molecular complexity index is 718. The van der Waals surface area contributed by atoms with Crippen LogP contribution in [0.4, 0.5) is 5.69 Å². The highest BCUT2D eigenvalue weighted by Gasteiger charge is 2.43. The summed E-state index contributed by atoms with van der Waals surface area (Å²) < 4.78 is 13.5. The molecule has 1 heterocycles. The average molecular weight is 501 g/mol. The number of anilines is 1. The molecule has 0 spiro atoms. The Kier molecular flexibility index (Phi) is 11.0. The smallest absolute Gasteiger partial charge is 0.193 e. The first kappa shape index (κ1) is 29.6. The van der Waals surface area contributed by atoms with Gasteiger partial charge < -0.3 is 14.6 Å². The van der Waals surface area contributed by atoms with Crippen LogP contribution >= 0.6 is 11.6 Å². The molecule has 2 N–H and O–H groups in total. The maximum atomic E-state index is 6.79. The van der Waals surface area contributed by atoms with Gasteiger partial charge in [0, 0.05) is 0 Å². The van der Waals surface area contributed by atoms with Gasteiger partial charge in [-0.05, 0) is 48.8 Å². The Labute approximate surface area is 205 Å². The molecule has 0 radical (unpaired) electrons. The lowest BCUT2D eigenvalue weighted by Crippen LogP contribution is -2.46. The number of pyridine rings is 1. The topological polar surface area (TPSA) is 57.4 Å². The van der Waals surface area contributed by atoms with Crippen molar-refractivity contribution in [1.29, 1.82) is 0 Å². The van der Waals surface area contributed by atoms with Gasteiger partial charge in [-0.3, -0.25) is 4.98 Å². The van der Waals surface area contributed by atoms with Gasteiger partial charge >= 0.3 is 0 Å². The third-order valence-corrected chi connectivity index (χ3v) is 16.8. The summed E-state index contributed by atoms with van der Waals surface area (Å²) in [4.78, 5) is 4.56. The minimum atomic E-state index is -2.06. The van der Waals surface area contributed by atoms with Gasteiger partial charge in [-0.25, -0.2) is 0 Å². The van der Waals surface area contributed by atoms with Gasteiger partial charge in [0.2, 0.25) is 0 Å². The van der Waals surface area contributed by atoms with E-state index in [1.54, 1.807) is 12.3 Å². The molecule has 1 atom stereocenters. The maximum absolute atomic E-state index is 6.79. The molecule has 1 aromatic rings. The SMILES string of the molecule is CCCCCCCC(C)(C)[Si](C)(C)OCC(O[Si](C)(C)C(C)(C)C)c1ncc(N)cc1Cl. The molecule has 0 aliphatic rings. The summed E-state index contributed by atoms with van der Waals surface area (Å²) in [7, 11) is -4.06. The molecule has 1 unspecified atom stereocenters. The number of hydrogen-bond donors (Lipinski definition) is 1. The highest BCUT2D eigenvalue weighted by molar-refractivity contribution is 6.74. The molecule has 0 aliphatic heterocycles. The van der Waals surface area contributed by atoms with Gasteiger partial charge in [-0.1, -0.05) is 85.2 Å². The monoisotopic (exact) mass is 500 g/mol. The standard InChI is InChI=1S/C25H49ClN2O2Si2/c1-11-12-13-14-15-16-25(5,6)32(9,10)29-19-22(30-31(7,8)24(2,3)4)23-21(26)17-20(27)18-28-23/h17-18,22H,11-16,19,27H2,1-10H3. The van der Waals surface area contributed by atoms with Crippen LogP contribution in [0.2, 0.25) is 41.3 Å². The summed E-state index contributed by atoms with van der Waals surface area (Å²) in [5.41, 5.74) is 7.19. The molecule has 1 aromatic heterocycles. The van der Waals surface area contributed by atoms with Crippen LogP contribution in [0.1, 0.15) is 91.9 Å². The minimum absolute atomic E-state index is 0.0796. The quantitative estimate of drug-likeness (QED) is 0.217. The van der Waals surface area contributed by atoms with Crippen molar-refractivity contribution in [3.8, 4) is 0 Å². The van der Waals surface area contributed by atoms with E-state index in [1.807, 2.05) is 0 Å². The van der Waals surface area contributed by atoms with Crippen molar-refractivity contribution in [2.75, 3.05) is 12.3 Å². The van der Waals surface area contributed by atoms with E-state index in [0.717, 1.165) is 5.69 Å². The number of nitrogen functional groups attached to an aromatic ring is 1. The molecule has 0 aromatic carbocycles. The van der Waals surface area contributed by atoms with Crippen LogP contribution in [0.15, 0.2) is 12.3 Å². The zero-order chi connectivity index (χ0) is 24.8. The van der Waals surface area contributed by atoms with Crippen molar-refractivity contribution in [3.63, 3.8) is 0 Å². The van der Waals surface area contributed by atoms with Crippen LogP contribution in [0.5, 0.6) is 0 Å². The van der Waals surface area contributed by atoms with E-state index in [0.29, 0.717) is 17.3 Å². The number of hydrogen-bond acceptors (Lipinski definition) is 4. The Morgan fingerprint density at radius 3 is 2.12 bits per heavy atom. The number of rotatable bonds is 13. The van der Waals surface area contributed by atoms with E-state index in [-0.39, 0.29) is 16.2 Å². The summed E-state index contributed by atoms with van der Waals surface area (Å²) in [6.45, 7) is 23.4. The van der Waals surface area contributed by atoms with Gasteiger partial charge in [-0.15, -0.1) is 0 Å². The fraction of sp³-hybridized carbons (Fsp3) is 0.800. The number of halogens is 1. The van der Waals surface area contributed by atoms with Gasteiger partial charge in [-0.2, -0.15) is 0 Å². The number of aromatic nitrogens is 1. The van der Waals surface area contributed by atoms with Gasteiger partial charge in [0.05, 0.1) is 29.2 Å². The predicted octanol–water partition coefficient (Wildman–Crippen LogP) is 8.74. The summed E-state index contributed by atoms with van der Waals surface area (Å²) in [5, 5.41) is 0.807. The second-order valence-electron chi connectivity index (χ2n) is 11.9. The number of nitrogens with zero attached hydrogens (tertiary/aromatic N) is 1. The molecule has 0 bridgehead atoms. The zero-order valence-corrected chi connectivity index (χ0v) is 25.2. The van der Waals surface area contributed by atoms with Crippen LogP contribution in [-0.4, -0.2) is 28.2 Å². The summed E-state index contributed by atoms with van der Waals surface area (Å²) >= 11 is 6.57. The molecular weight excluding hydrogens is 452 g/mol. The van der Waals surface area contributed by atoms with Gasteiger partial charge in [0.25, 0.3) is 0 Å². The van der Waals surface area contributed by atoms with Crippen molar-refractivity contribution < 1.29 is 8.85 Å². The van der Waals surface area contributed by atoms with E-state index in [1.165, 1.54) is 38.5 Å². The van der Waals surface area contributed by atoms with Crippen molar-refractivity contribution >= 4 is 33.9 Å². The van der Waals surface area contributed by atoms with Crippen LogP contribution in [0.3, 0.4) is 0 Å². The first-order chi connectivity index (χ1) is 14.5. The third kappa shape index (κ3) is 8.42. The van der Waals surface area contributed by atoms with Crippen molar-refractivity contribution in [2.24, 2.45) is 0 Å². The third-order valence-electron chi connectivity index (χ3n) is 7.57. The van der Waals surface area contributed by atoms with E-state index in [9.17, 15) is 0 Å². The molecule has 7 heteroatoms. The van der Waals surface area contributed by atoms with Crippen LogP contribution < -0.4 is 5.73 Å². The minimum Gasteiger partial charge on any atom is -0.414 e. The molecular formula is C25H49ClN2O2Si2. The summed E-state index contributed by atoms with van der Waals surface area (Å²) in [6.07, 6.45) is 9.08. The van der Waals surface area contributed by atoms with Gasteiger partial charge in [0.15, 0.2) is 16.6 Å². The lowest BCUT2D eigenvalue weighted by atomic mass is 10.0. The normalized spacial score (nSPS) is 14.6. The molecule has 0 fully saturated rings. The highest BCUT2D eigenvalue weighted by atomic mass is 35.5. The molecule has 32 heavy (non-hydrogen) atoms. The van der Waals surface area contributed by atoms with Crippen LogP contribution in [0.25, 0.3) is 0 Å². The molecule has 0 saturated carbocycles. The van der Waals surface area contributed by atoms with E-state index in [2.05, 4.69) is 72.7 Å². The Balaban J connectivity index is 3.01. The Morgan fingerprint density at radius 2 is 1.59 bits per heavy atom. The summed E-state index contributed by atoms with van der Waals surface area (Å²) in [5.74, 6) is 0. The van der Waals surface area contributed by atoms with Crippen LogP contribution in [0, 0.1) is 0 Å². The van der Waals surface area contributed by atoms with Gasteiger partial charge in [0.1, 0.15) is 6.10 Å². The largest absolute Gasteiger partial charge is 0.414 e. The molecule has 0 saturated heterocycles. The van der Waals surface area contributed by atoms with E-state index in [4.69, 9.17) is 26.2 Å². The number of unbranched alkanes of at least 4 members (excludes halogenated alkanes) is 4. The lowest BCUT2D eigenvalue weighted by molar-refractivity contribution is 0.104. The second-order valence-corrected chi connectivity index (χ2v) is 21.7. The molecule has 4 nitrogen and oxygen atoms in total. The second kappa shape index (κ2) is 11.8. The first-order valence-corrected chi connectivity index (χ1v) is 18.5. The first-order valence-electron chi connectivity index (χ1n) is 12.3. The fourth-order valence-corrected chi connectivity index (χ4v) is 6.63. The zero-order valence-electron chi connectivity index (χ0n) is 22.4. The molecule has 0 amide bonds. The van der Waals surface area contributed by atoms with E-state index >= 15 is 0 Å². The summed E-state index contributed by atoms with van der Waals surface area (Å²) in [6, 6.07) is 1.76. The average Bonchev–Trinajstić information content (AvgIpc) is 2.64. The van der Waals surface area contributed by atoms with Crippen LogP contribution in [-0.2, 0) is 8.85 Å². The molecule has 186 valence electrons. The van der Waals surface area contributed by atoms with Crippen molar-refractivity contribution in [1.82, 2.24) is 4.98 Å². The van der Waals surface area contributed by atoms with E-state index < -0.39 is 16.6 Å².